The third-order valence-corrected chi connectivity index (χ3v) is 14.2. The van der Waals surface area contributed by atoms with E-state index in [9.17, 15) is 5.11 Å². The van der Waals surface area contributed by atoms with Crippen LogP contribution in [0.4, 0.5) is 0 Å². The van der Waals surface area contributed by atoms with Gasteiger partial charge in [-0.05, 0) is 0 Å². The minimum atomic E-state index is -3.31. The van der Waals surface area contributed by atoms with E-state index in [0.29, 0.717) is 5.02 Å². The second-order valence-corrected chi connectivity index (χ2v) is 16.8. The summed E-state index contributed by atoms with van der Waals surface area (Å²) < 4.78 is 0. The average molecular weight is 544 g/mol. The quantitative estimate of drug-likeness (QED) is 0.158. The van der Waals surface area contributed by atoms with E-state index in [1.54, 1.807) is 12.1 Å². The summed E-state index contributed by atoms with van der Waals surface area (Å²) in [6.07, 6.45) is 11.1. The van der Waals surface area contributed by atoms with Crippen molar-refractivity contribution in [3.8, 4) is 5.75 Å². The van der Waals surface area contributed by atoms with Crippen molar-refractivity contribution in [2.24, 2.45) is 0 Å². The van der Waals surface area contributed by atoms with Gasteiger partial charge in [0.05, 0.1) is 0 Å². The van der Waals surface area contributed by atoms with Gasteiger partial charge in [0.25, 0.3) is 0 Å². The number of halogens is 2. The van der Waals surface area contributed by atoms with Crippen molar-refractivity contribution in [3.05, 3.63) is 95.3 Å². The van der Waals surface area contributed by atoms with Gasteiger partial charge >= 0.3 is 229 Å². The summed E-state index contributed by atoms with van der Waals surface area (Å²) in [7, 11) is 0. The van der Waals surface area contributed by atoms with Crippen LogP contribution in [0.15, 0.2) is 84.7 Å². The molecule has 0 aromatic heterocycles. The molecule has 36 heavy (non-hydrogen) atoms. The monoisotopic (exact) mass is 542 g/mol. The molecule has 0 saturated carbocycles. The molecule has 0 spiro atoms. The van der Waals surface area contributed by atoms with Crippen LogP contribution in [-0.4, -0.2) is 11.3 Å². The third kappa shape index (κ3) is 6.95. The summed E-state index contributed by atoms with van der Waals surface area (Å²) >= 11 is 14.7. The fourth-order valence-electron chi connectivity index (χ4n) is 5.05. The predicted octanol–water partition coefficient (Wildman–Crippen LogP) is 10.3. The van der Waals surface area contributed by atoms with Crippen molar-refractivity contribution in [3.63, 3.8) is 0 Å². The Hall–Kier alpha value is -1.79. The second kappa shape index (κ2) is 13.7. The second-order valence-electron chi connectivity index (χ2n) is 9.84. The van der Waals surface area contributed by atoms with E-state index in [2.05, 4.69) is 80.3 Å². The molecule has 3 aromatic carbocycles. The summed E-state index contributed by atoms with van der Waals surface area (Å²) in [6.45, 7) is 4.45. The number of benzene rings is 3. The SMILES string of the molecule is CCCCCCCCP(Cl)(/C=C(/CCCC)c1cc(Cl)ccc1O)(c1ccccc1)c1ccccc1. The van der Waals surface area contributed by atoms with Gasteiger partial charge in [-0.15, -0.1) is 0 Å². The Morgan fingerprint density at radius 1 is 0.750 bits per heavy atom. The molecular formula is C32H41Cl2OP. The van der Waals surface area contributed by atoms with E-state index in [1.807, 2.05) is 6.07 Å². The Balaban J connectivity index is 2.24. The standard InChI is InChI=1S/C32H41Cl2OP/c1-3-5-7-8-9-16-24-36(34,29-18-12-10-13-19-29,30-20-14-11-15-21-30)26-27(17-6-4-2)31-25-28(33)22-23-32(31)35/h10-15,18-23,25-26,35H,3-9,16-17,24H2,1-2H3/b27-26-. The summed E-state index contributed by atoms with van der Waals surface area (Å²) in [4.78, 5) is 0. The number of hydrogen-bond donors (Lipinski definition) is 1. The zero-order chi connectivity index (χ0) is 25.9. The molecule has 0 aliphatic carbocycles. The average Bonchev–Trinajstić information content (AvgIpc) is 2.91. The van der Waals surface area contributed by atoms with E-state index in [1.165, 1.54) is 42.7 Å². The molecule has 0 atom stereocenters. The summed E-state index contributed by atoms with van der Waals surface area (Å²) in [5, 5.41) is 13.9. The first-order valence-corrected chi connectivity index (χ1v) is 17.2. The molecule has 0 amide bonds. The van der Waals surface area contributed by atoms with Crippen molar-refractivity contribution in [2.45, 2.75) is 71.6 Å². The number of phenolic OH excluding ortho intramolecular Hbond substituents is 1. The number of unbranched alkanes of at least 4 members (excludes halogenated alkanes) is 6. The Labute approximate surface area is 228 Å². The van der Waals surface area contributed by atoms with Crippen molar-refractivity contribution < 1.29 is 5.11 Å². The number of hydrogen-bond acceptors (Lipinski definition) is 1. The van der Waals surface area contributed by atoms with Crippen molar-refractivity contribution in [1.82, 2.24) is 0 Å². The van der Waals surface area contributed by atoms with Crippen LogP contribution in [0.1, 0.15) is 77.2 Å². The molecule has 0 aliphatic rings. The van der Waals surface area contributed by atoms with Gasteiger partial charge in [0.1, 0.15) is 0 Å². The Morgan fingerprint density at radius 2 is 1.31 bits per heavy atom. The number of rotatable bonds is 14. The van der Waals surface area contributed by atoms with E-state index >= 15 is 0 Å². The molecule has 0 bridgehead atoms. The molecule has 3 rings (SSSR count). The molecule has 1 N–H and O–H groups in total. The molecule has 0 radical (unpaired) electrons. The van der Waals surface area contributed by atoms with E-state index in [4.69, 9.17) is 22.8 Å². The van der Waals surface area contributed by atoms with Gasteiger partial charge in [-0.2, -0.15) is 0 Å². The molecule has 194 valence electrons. The van der Waals surface area contributed by atoms with Crippen LogP contribution in [0.25, 0.3) is 5.57 Å². The van der Waals surface area contributed by atoms with Crippen LogP contribution >= 0.6 is 28.8 Å². The molecule has 0 fully saturated rings. The molecule has 0 saturated heterocycles. The van der Waals surface area contributed by atoms with E-state index in [-0.39, 0.29) is 5.75 Å². The minimum absolute atomic E-state index is 0.254. The molecular weight excluding hydrogens is 502 g/mol. The topological polar surface area (TPSA) is 20.2 Å². The van der Waals surface area contributed by atoms with Crippen molar-refractivity contribution >= 4 is 45.0 Å². The summed E-state index contributed by atoms with van der Waals surface area (Å²) in [5.41, 5.74) is 1.88. The maximum absolute atomic E-state index is 10.9. The first-order valence-electron chi connectivity index (χ1n) is 13.5. The Kier molecular flexibility index (Phi) is 10.9. The van der Waals surface area contributed by atoms with Gasteiger partial charge in [-0.1, -0.05) is 0 Å². The molecule has 4 heteroatoms. The Morgan fingerprint density at radius 3 is 1.89 bits per heavy atom. The van der Waals surface area contributed by atoms with Crippen molar-refractivity contribution in [2.75, 3.05) is 6.16 Å². The molecule has 0 heterocycles. The molecule has 0 aliphatic heterocycles. The van der Waals surface area contributed by atoms with Gasteiger partial charge in [-0.25, -0.2) is 0 Å². The van der Waals surface area contributed by atoms with E-state index < -0.39 is 5.96 Å². The van der Waals surface area contributed by atoms with Crippen molar-refractivity contribution in [1.29, 1.82) is 0 Å². The molecule has 1 nitrogen and oxygen atoms in total. The van der Waals surface area contributed by atoms with Gasteiger partial charge in [-0.3, -0.25) is 0 Å². The fourth-order valence-corrected chi connectivity index (χ4v) is 11.2. The summed E-state index contributed by atoms with van der Waals surface area (Å²) in [5.74, 6) is -0.695. The van der Waals surface area contributed by atoms with E-state index in [0.717, 1.165) is 43.0 Å². The van der Waals surface area contributed by atoms with Crippen LogP contribution in [0.2, 0.25) is 5.02 Å². The predicted molar refractivity (Wildman–Crippen MR) is 164 cm³/mol. The first kappa shape index (κ1) is 28.8. The van der Waals surface area contributed by atoms with Gasteiger partial charge < -0.3 is 0 Å². The number of aromatic hydroxyl groups is 1. The normalized spacial score (nSPS) is 13.3. The summed E-state index contributed by atoms with van der Waals surface area (Å²) in [6, 6.07) is 26.6. The maximum atomic E-state index is 10.9. The molecule has 3 aromatic rings. The Bertz CT molecular complexity index is 1070. The van der Waals surface area contributed by atoms with Gasteiger partial charge in [0.15, 0.2) is 0 Å². The third-order valence-electron chi connectivity index (χ3n) is 7.11. The first-order chi connectivity index (χ1) is 17.4. The van der Waals surface area contributed by atoms with Crippen LogP contribution < -0.4 is 10.6 Å². The van der Waals surface area contributed by atoms with Crippen LogP contribution in [0, 0.1) is 0 Å². The van der Waals surface area contributed by atoms with Crippen LogP contribution in [0.3, 0.4) is 0 Å². The zero-order valence-corrected chi connectivity index (χ0v) is 24.2. The van der Waals surface area contributed by atoms with Crippen LogP contribution in [0.5, 0.6) is 5.75 Å². The van der Waals surface area contributed by atoms with Gasteiger partial charge in [0, 0.05) is 0 Å². The fraction of sp³-hybridized carbons (Fsp3) is 0.375. The van der Waals surface area contributed by atoms with Crippen LogP contribution in [-0.2, 0) is 0 Å². The number of phenols is 1. The van der Waals surface area contributed by atoms with Gasteiger partial charge in [0.2, 0.25) is 0 Å². The number of allylic oxidation sites excluding steroid dienone is 1. The zero-order valence-electron chi connectivity index (χ0n) is 21.8. The molecule has 0 unspecified atom stereocenters.